The van der Waals surface area contributed by atoms with Gasteiger partial charge in [0, 0.05) is 24.3 Å². The molecule has 218 valence electrons. The van der Waals surface area contributed by atoms with Gasteiger partial charge in [0.2, 0.25) is 0 Å². The minimum absolute atomic E-state index is 0.0895. The van der Waals surface area contributed by atoms with Gasteiger partial charge in [0.25, 0.3) is 0 Å². The van der Waals surface area contributed by atoms with E-state index in [4.69, 9.17) is 23.2 Å². The summed E-state index contributed by atoms with van der Waals surface area (Å²) >= 11 is 0. The smallest absolute Gasteiger partial charge is 0.458 e. The van der Waals surface area contributed by atoms with E-state index in [1.165, 1.54) is 5.57 Å². The standard InChI is InChI=1S/C31H52BNO5Si/c1-15-35-28-18-24(16-17-27(28)34-12)26(20-33-11)23(3)22(2)25(21-36-39(13,14)29(4,5)6)19-32-37-30(7,8)31(9,10)38-32/h16-18,20,25H,11,15,19,21H2,1-10,12-14H3/b23-22+,26-20+. The van der Waals surface area contributed by atoms with Crippen molar-refractivity contribution in [3.05, 3.63) is 41.1 Å². The van der Waals surface area contributed by atoms with Crippen LogP contribution in [0.4, 0.5) is 0 Å². The average Bonchev–Trinajstić information content (AvgIpc) is 3.04. The molecule has 1 aromatic rings. The molecule has 1 saturated heterocycles. The third kappa shape index (κ3) is 7.87. The van der Waals surface area contributed by atoms with Crippen LogP contribution in [0.25, 0.3) is 5.57 Å². The summed E-state index contributed by atoms with van der Waals surface area (Å²) in [6.45, 7) is 31.0. The molecule has 6 nitrogen and oxygen atoms in total. The molecule has 0 radical (unpaired) electrons. The fourth-order valence-electron chi connectivity index (χ4n) is 4.30. The lowest BCUT2D eigenvalue weighted by Gasteiger charge is -2.37. The van der Waals surface area contributed by atoms with Crippen molar-refractivity contribution in [1.82, 2.24) is 0 Å². The molecule has 39 heavy (non-hydrogen) atoms. The van der Waals surface area contributed by atoms with Crippen molar-refractivity contribution in [2.45, 2.75) is 105 Å². The second-order valence-electron chi connectivity index (χ2n) is 13.0. The van der Waals surface area contributed by atoms with E-state index in [1.807, 2.05) is 31.3 Å². The van der Waals surface area contributed by atoms with E-state index < -0.39 is 8.32 Å². The molecule has 0 saturated carbocycles. The van der Waals surface area contributed by atoms with Gasteiger partial charge in [-0.15, -0.1) is 0 Å². The summed E-state index contributed by atoms with van der Waals surface area (Å²) in [6, 6.07) is 5.97. The fourth-order valence-corrected chi connectivity index (χ4v) is 5.35. The lowest BCUT2D eigenvalue weighted by atomic mass is 9.73. The van der Waals surface area contributed by atoms with Crippen molar-refractivity contribution in [1.29, 1.82) is 0 Å². The number of ether oxygens (including phenoxy) is 2. The Balaban J connectivity index is 2.52. The monoisotopic (exact) mass is 557 g/mol. The van der Waals surface area contributed by atoms with E-state index in [0.29, 0.717) is 31.0 Å². The summed E-state index contributed by atoms with van der Waals surface area (Å²) in [7, 11) is -0.640. The zero-order chi connectivity index (χ0) is 29.8. The Hall–Kier alpha value is -1.87. The number of methoxy groups -OCH3 is 1. The first-order valence-corrected chi connectivity index (χ1v) is 17.0. The first-order chi connectivity index (χ1) is 17.9. The highest BCUT2D eigenvalue weighted by Crippen LogP contribution is 2.42. The molecule has 0 aromatic heterocycles. The molecular weight excluding hydrogens is 505 g/mol. The third-order valence-corrected chi connectivity index (χ3v) is 13.3. The van der Waals surface area contributed by atoms with Crippen molar-refractivity contribution in [3.8, 4) is 11.5 Å². The molecule has 0 spiro atoms. The molecule has 1 unspecified atom stereocenters. The van der Waals surface area contributed by atoms with Crippen LogP contribution in [0, 0.1) is 5.92 Å². The molecule has 1 aromatic carbocycles. The Morgan fingerprint density at radius 1 is 1.10 bits per heavy atom. The van der Waals surface area contributed by atoms with Crippen LogP contribution in [-0.2, 0) is 13.7 Å². The van der Waals surface area contributed by atoms with Crippen LogP contribution >= 0.6 is 0 Å². The van der Waals surface area contributed by atoms with Gasteiger partial charge in [-0.25, -0.2) is 0 Å². The number of hydrogen-bond donors (Lipinski definition) is 0. The fraction of sp³-hybridized carbons (Fsp3) is 0.645. The molecule has 1 heterocycles. The molecule has 0 bridgehead atoms. The van der Waals surface area contributed by atoms with Crippen LogP contribution in [-0.4, -0.2) is 53.7 Å². The van der Waals surface area contributed by atoms with Gasteiger partial charge in [0.05, 0.1) is 24.9 Å². The van der Waals surface area contributed by atoms with Gasteiger partial charge in [-0.05, 0) is 103 Å². The van der Waals surface area contributed by atoms with E-state index in [2.05, 4.69) is 87.1 Å². The number of allylic oxidation sites excluding steroid dienone is 2. The Kier molecular flexibility index (Phi) is 10.9. The van der Waals surface area contributed by atoms with Crippen molar-refractivity contribution < 1.29 is 23.2 Å². The maximum Gasteiger partial charge on any atom is 0.458 e. The van der Waals surface area contributed by atoms with Gasteiger partial charge >= 0.3 is 7.12 Å². The SMILES string of the molecule is C=N/C=C(\C(C)=C(/C)C(CO[Si](C)(C)C(C)(C)C)CB1OC(C)(C)C(C)(C)O1)c1ccc(OC)c(OCC)c1. The van der Waals surface area contributed by atoms with Crippen molar-refractivity contribution in [2.24, 2.45) is 10.9 Å². The van der Waals surface area contributed by atoms with Crippen LogP contribution in [0.5, 0.6) is 11.5 Å². The number of rotatable bonds is 12. The van der Waals surface area contributed by atoms with Crippen LogP contribution < -0.4 is 9.47 Å². The Morgan fingerprint density at radius 2 is 1.69 bits per heavy atom. The van der Waals surface area contributed by atoms with Crippen LogP contribution in [0.3, 0.4) is 0 Å². The summed E-state index contributed by atoms with van der Waals surface area (Å²) in [5, 5.41) is 0.116. The van der Waals surface area contributed by atoms with Gasteiger partial charge in [-0.1, -0.05) is 32.4 Å². The molecule has 0 aliphatic carbocycles. The highest BCUT2D eigenvalue weighted by atomic mass is 28.4. The summed E-state index contributed by atoms with van der Waals surface area (Å²) in [6.07, 6.45) is 2.52. The number of aliphatic imine (C=N–C) groups is 1. The lowest BCUT2D eigenvalue weighted by Crippen LogP contribution is -2.42. The Labute approximate surface area is 239 Å². The van der Waals surface area contributed by atoms with Gasteiger partial charge in [-0.3, -0.25) is 4.99 Å². The Bertz CT molecular complexity index is 1060. The second-order valence-corrected chi connectivity index (χ2v) is 17.8. The predicted molar refractivity (Wildman–Crippen MR) is 168 cm³/mol. The zero-order valence-corrected chi connectivity index (χ0v) is 27.8. The predicted octanol–water partition coefficient (Wildman–Crippen LogP) is 8.20. The average molecular weight is 558 g/mol. The lowest BCUT2D eigenvalue weighted by molar-refractivity contribution is 0.00578. The van der Waals surface area contributed by atoms with E-state index in [1.54, 1.807) is 7.11 Å². The number of nitrogens with zero attached hydrogens (tertiary/aromatic N) is 1. The van der Waals surface area contributed by atoms with Crippen molar-refractivity contribution in [3.63, 3.8) is 0 Å². The zero-order valence-electron chi connectivity index (χ0n) is 26.8. The minimum Gasteiger partial charge on any atom is -0.493 e. The quantitative estimate of drug-likeness (QED) is 0.147. The molecular formula is C31H52BNO5Si. The second kappa shape index (κ2) is 12.8. The summed E-state index contributed by atoms with van der Waals surface area (Å²) in [4.78, 5) is 4.16. The van der Waals surface area contributed by atoms with Crippen LogP contribution in [0.15, 0.2) is 40.5 Å². The molecule has 0 N–H and O–H groups in total. The molecule has 1 atom stereocenters. The summed E-state index contributed by atoms with van der Waals surface area (Å²) in [5.41, 5.74) is 3.54. The first-order valence-electron chi connectivity index (χ1n) is 14.0. The highest BCUT2D eigenvalue weighted by molar-refractivity contribution is 6.74. The van der Waals surface area contributed by atoms with E-state index >= 15 is 0 Å². The largest absolute Gasteiger partial charge is 0.493 e. The maximum absolute atomic E-state index is 6.77. The van der Waals surface area contributed by atoms with Gasteiger partial charge in [-0.2, -0.15) is 0 Å². The van der Waals surface area contributed by atoms with Gasteiger partial charge in [0.1, 0.15) is 0 Å². The molecule has 1 aliphatic heterocycles. The first kappa shape index (κ1) is 33.3. The minimum atomic E-state index is -1.97. The summed E-state index contributed by atoms with van der Waals surface area (Å²) in [5.74, 6) is 1.49. The maximum atomic E-state index is 6.77. The van der Waals surface area contributed by atoms with Crippen LogP contribution in [0.2, 0.25) is 24.5 Å². The van der Waals surface area contributed by atoms with E-state index in [0.717, 1.165) is 16.7 Å². The third-order valence-electron chi connectivity index (χ3n) is 8.83. The summed E-state index contributed by atoms with van der Waals surface area (Å²) < 4.78 is 31.0. The van der Waals surface area contributed by atoms with Gasteiger partial charge in [0.15, 0.2) is 19.8 Å². The van der Waals surface area contributed by atoms with Crippen molar-refractivity contribution >= 4 is 27.7 Å². The van der Waals surface area contributed by atoms with E-state index in [9.17, 15) is 0 Å². The Morgan fingerprint density at radius 3 is 2.18 bits per heavy atom. The van der Waals surface area contributed by atoms with Crippen molar-refractivity contribution in [2.75, 3.05) is 20.3 Å². The highest BCUT2D eigenvalue weighted by Gasteiger charge is 2.51. The number of hydrogen-bond acceptors (Lipinski definition) is 6. The molecule has 1 aliphatic rings. The molecule has 0 amide bonds. The molecule has 8 heteroatoms. The number of benzene rings is 1. The topological polar surface area (TPSA) is 58.5 Å². The normalized spacial score (nSPS) is 19.0. The van der Waals surface area contributed by atoms with Gasteiger partial charge < -0.3 is 23.2 Å². The van der Waals surface area contributed by atoms with Crippen LogP contribution in [0.1, 0.15) is 74.8 Å². The molecule has 1 fully saturated rings. The molecule has 2 rings (SSSR count). The van der Waals surface area contributed by atoms with E-state index in [-0.39, 0.29) is 29.3 Å².